The molecule has 0 heterocycles. The summed E-state index contributed by atoms with van der Waals surface area (Å²) in [6.07, 6.45) is 0. The Balaban J connectivity index is -0.000000125. The normalized spacial score (nSPS) is 10.2. The minimum Gasteiger partial charge on any atom is -0.368 e. The Labute approximate surface area is 60.6 Å². The minimum atomic E-state index is -0.509. The van der Waals surface area contributed by atoms with Crippen molar-refractivity contribution in [3.05, 3.63) is 0 Å². The molecule has 0 rings (SSSR count). The summed E-state index contributed by atoms with van der Waals surface area (Å²) in [5, 5.41) is 0. The maximum Gasteiger partial charge on any atom is 0.234 e. The van der Waals surface area contributed by atoms with Gasteiger partial charge in [-0.2, -0.15) is 0 Å². The van der Waals surface area contributed by atoms with Crippen molar-refractivity contribution in [2.75, 3.05) is 0 Å². The topological polar surface area (TPSA) is 69.1 Å². The molecule has 0 saturated heterocycles. The quantitative estimate of drug-likeness (QED) is 0.552. The highest BCUT2D eigenvalue weighted by atomic mass is 35.5. The van der Waals surface area contributed by atoms with E-state index in [1.54, 1.807) is 6.92 Å². The average Bonchev–Trinajstić information content (AvgIpc) is 1.36. The first-order chi connectivity index (χ1) is 2.64. The molecular weight excluding hydrogens is 151 g/mol. The van der Waals surface area contributed by atoms with Gasteiger partial charge in [0.1, 0.15) is 0 Å². The number of halogens is 2. The van der Waals surface area contributed by atoms with E-state index in [2.05, 4.69) is 5.73 Å². The largest absolute Gasteiger partial charge is 0.368 e. The van der Waals surface area contributed by atoms with Crippen molar-refractivity contribution in [1.82, 2.24) is 0 Å². The van der Waals surface area contributed by atoms with E-state index in [0.717, 1.165) is 0 Å². The summed E-state index contributed by atoms with van der Waals surface area (Å²) in [6, 6.07) is -0.509. The lowest BCUT2D eigenvalue weighted by Gasteiger charge is -1.91. The third-order valence-corrected chi connectivity index (χ3v) is 0.449. The van der Waals surface area contributed by atoms with Gasteiger partial charge in [-0.3, -0.25) is 4.79 Å². The molecule has 1 unspecified atom stereocenters. The average molecular weight is 161 g/mol. The van der Waals surface area contributed by atoms with Crippen LogP contribution in [0, 0.1) is 0 Å². The van der Waals surface area contributed by atoms with Gasteiger partial charge in [-0.15, -0.1) is 24.8 Å². The molecule has 8 heavy (non-hydrogen) atoms. The van der Waals surface area contributed by atoms with Crippen molar-refractivity contribution in [1.29, 1.82) is 0 Å². The van der Waals surface area contributed by atoms with Crippen molar-refractivity contribution in [3.8, 4) is 0 Å². The number of rotatable bonds is 1. The highest BCUT2D eigenvalue weighted by Gasteiger charge is 1.96. The van der Waals surface area contributed by atoms with Crippen molar-refractivity contribution in [3.63, 3.8) is 0 Å². The summed E-state index contributed by atoms with van der Waals surface area (Å²) in [6.45, 7) is 1.54. The van der Waals surface area contributed by atoms with E-state index >= 15 is 0 Å². The lowest BCUT2D eigenvalue weighted by Crippen LogP contribution is -2.32. The molecule has 0 fully saturated rings. The van der Waals surface area contributed by atoms with Gasteiger partial charge in [0, 0.05) is 0 Å². The Kier molecular flexibility index (Phi) is 13.7. The van der Waals surface area contributed by atoms with E-state index in [1.807, 2.05) is 0 Å². The highest BCUT2D eigenvalue weighted by molar-refractivity contribution is 5.85. The van der Waals surface area contributed by atoms with E-state index in [0.29, 0.717) is 0 Å². The lowest BCUT2D eigenvalue weighted by molar-refractivity contribution is -0.118. The summed E-state index contributed by atoms with van der Waals surface area (Å²) in [4.78, 5) is 9.80. The fourth-order valence-corrected chi connectivity index (χ4v) is 0. The van der Waals surface area contributed by atoms with Crippen LogP contribution >= 0.6 is 24.8 Å². The molecule has 0 aliphatic heterocycles. The maximum absolute atomic E-state index is 9.80. The standard InChI is InChI=1S/C3H8N2O.2ClH/c1-2(4)3(5)6;;/h2H,4H2,1H3,(H2,5,6);2*1H. The molecule has 3 nitrogen and oxygen atoms in total. The number of amides is 1. The maximum atomic E-state index is 9.80. The smallest absolute Gasteiger partial charge is 0.234 e. The molecule has 4 N–H and O–H groups in total. The Hall–Kier alpha value is 0.01000. The Morgan fingerprint density at radius 1 is 1.50 bits per heavy atom. The molecule has 0 aromatic rings. The SMILES string of the molecule is CC(N)C(N)=O.Cl.Cl. The molecule has 0 radical (unpaired) electrons. The number of hydrogen-bond acceptors (Lipinski definition) is 2. The van der Waals surface area contributed by atoms with Crippen molar-refractivity contribution < 1.29 is 4.79 Å². The first-order valence-corrected chi connectivity index (χ1v) is 1.69. The van der Waals surface area contributed by atoms with Crippen LogP contribution in [-0.2, 0) is 4.79 Å². The second-order valence-corrected chi connectivity index (χ2v) is 1.19. The zero-order chi connectivity index (χ0) is 5.15. The monoisotopic (exact) mass is 160 g/mol. The van der Waals surface area contributed by atoms with E-state index in [9.17, 15) is 4.79 Å². The van der Waals surface area contributed by atoms with Crippen molar-refractivity contribution in [2.45, 2.75) is 13.0 Å². The van der Waals surface area contributed by atoms with Gasteiger partial charge in [0.25, 0.3) is 0 Å². The second kappa shape index (κ2) is 7.01. The third-order valence-electron chi connectivity index (χ3n) is 0.449. The van der Waals surface area contributed by atoms with Crippen LogP contribution in [0.3, 0.4) is 0 Å². The van der Waals surface area contributed by atoms with Gasteiger partial charge in [-0.1, -0.05) is 0 Å². The molecule has 1 atom stereocenters. The summed E-state index contributed by atoms with van der Waals surface area (Å²) in [7, 11) is 0. The zero-order valence-corrected chi connectivity index (χ0v) is 6.09. The Bertz CT molecular complexity index is 66.3. The fraction of sp³-hybridized carbons (Fsp3) is 0.667. The Morgan fingerprint density at radius 2 is 1.62 bits per heavy atom. The van der Waals surface area contributed by atoms with E-state index in [-0.39, 0.29) is 24.8 Å². The van der Waals surface area contributed by atoms with Gasteiger partial charge in [0.15, 0.2) is 0 Å². The summed E-state index contributed by atoms with van der Waals surface area (Å²) < 4.78 is 0. The molecule has 0 aromatic heterocycles. The van der Waals surface area contributed by atoms with Crippen LogP contribution in [0.2, 0.25) is 0 Å². The van der Waals surface area contributed by atoms with Crippen LogP contribution in [-0.4, -0.2) is 11.9 Å². The highest BCUT2D eigenvalue weighted by Crippen LogP contribution is 1.64. The predicted octanol–water partition coefficient (Wildman–Crippen LogP) is -0.338. The van der Waals surface area contributed by atoms with Gasteiger partial charge >= 0.3 is 0 Å². The van der Waals surface area contributed by atoms with Crippen LogP contribution in [0.15, 0.2) is 0 Å². The fourth-order valence-electron chi connectivity index (χ4n) is 0. The number of hydrogen-bond donors (Lipinski definition) is 2. The van der Waals surface area contributed by atoms with E-state index < -0.39 is 11.9 Å². The number of carbonyl (C=O) groups excluding carboxylic acids is 1. The van der Waals surface area contributed by atoms with Gasteiger partial charge in [-0.25, -0.2) is 0 Å². The second-order valence-electron chi connectivity index (χ2n) is 1.19. The van der Waals surface area contributed by atoms with Crippen LogP contribution in [0.5, 0.6) is 0 Å². The molecule has 52 valence electrons. The summed E-state index contributed by atoms with van der Waals surface area (Å²) in [5.74, 6) is -0.463. The third kappa shape index (κ3) is 9.38. The van der Waals surface area contributed by atoms with Gasteiger partial charge in [-0.05, 0) is 6.92 Å². The molecule has 0 bridgehead atoms. The van der Waals surface area contributed by atoms with Gasteiger partial charge in [0.2, 0.25) is 5.91 Å². The molecule has 0 aliphatic rings. The first kappa shape index (κ1) is 15.7. The number of nitrogens with two attached hydrogens (primary N) is 2. The first-order valence-electron chi connectivity index (χ1n) is 1.69. The van der Waals surface area contributed by atoms with Gasteiger partial charge < -0.3 is 11.5 Å². The van der Waals surface area contributed by atoms with Crippen LogP contribution in [0.1, 0.15) is 6.92 Å². The van der Waals surface area contributed by atoms with Crippen LogP contribution in [0.4, 0.5) is 0 Å². The summed E-state index contributed by atoms with van der Waals surface area (Å²) in [5.41, 5.74) is 9.63. The van der Waals surface area contributed by atoms with Crippen LogP contribution < -0.4 is 11.5 Å². The van der Waals surface area contributed by atoms with E-state index in [4.69, 9.17) is 5.73 Å². The van der Waals surface area contributed by atoms with Crippen molar-refractivity contribution in [2.24, 2.45) is 11.5 Å². The molecule has 0 saturated carbocycles. The lowest BCUT2D eigenvalue weighted by atomic mass is 10.4. The number of carbonyl (C=O) groups is 1. The molecule has 0 aromatic carbocycles. The van der Waals surface area contributed by atoms with Crippen molar-refractivity contribution >= 4 is 30.7 Å². The number of primary amides is 1. The molecular formula is C3H10Cl2N2O. The zero-order valence-electron chi connectivity index (χ0n) is 4.46. The molecule has 0 spiro atoms. The van der Waals surface area contributed by atoms with Gasteiger partial charge in [0.05, 0.1) is 6.04 Å². The van der Waals surface area contributed by atoms with E-state index in [1.165, 1.54) is 0 Å². The predicted molar refractivity (Wildman–Crippen MR) is 37.3 cm³/mol. The molecule has 5 heteroatoms. The minimum absolute atomic E-state index is 0. The van der Waals surface area contributed by atoms with Crippen LogP contribution in [0.25, 0.3) is 0 Å². The molecule has 0 aliphatic carbocycles. The summed E-state index contributed by atoms with van der Waals surface area (Å²) >= 11 is 0. The Morgan fingerprint density at radius 3 is 1.62 bits per heavy atom. The molecule has 1 amide bonds.